The summed E-state index contributed by atoms with van der Waals surface area (Å²) in [7, 11) is 1.85. The van der Waals surface area contributed by atoms with E-state index in [0.717, 1.165) is 36.9 Å². The molecule has 5 heteroatoms. The van der Waals surface area contributed by atoms with Crippen molar-refractivity contribution in [1.82, 2.24) is 4.90 Å². The predicted molar refractivity (Wildman–Crippen MR) is 117 cm³/mol. The molecule has 0 aromatic heterocycles. The normalized spacial score (nSPS) is 18.3. The molecule has 0 atom stereocenters. The Morgan fingerprint density at radius 2 is 1.48 bits per heavy atom. The van der Waals surface area contributed by atoms with Crippen LogP contribution >= 0.6 is 11.6 Å². The Hall–Kier alpha value is -2.59. The van der Waals surface area contributed by atoms with Crippen molar-refractivity contribution in [2.24, 2.45) is 0 Å². The Bertz CT molecular complexity index is 929. The first-order valence-corrected chi connectivity index (χ1v) is 10.6. The first-order chi connectivity index (χ1) is 14.1. The molecule has 2 aliphatic rings. The third-order valence-corrected chi connectivity index (χ3v) is 6.14. The van der Waals surface area contributed by atoms with Gasteiger partial charge in [-0.3, -0.25) is 14.5 Å². The van der Waals surface area contributed by atoms with Crippen LogP contribution < -0.4 is 4.90 Å². The van der Waals surface area contributed by atoms with Crippen LogP contribution in [-0.4, -0.2) is 29.8 Å². The number of anilines is 1. The molecular weight excluding hydrogens is 384 g/mol. The molecule has 1 saturated carbocycles. The van der Waals surface area contributed by atoms with Gasteiger partial charge in [0.25, 0.3) is 11.8 Å². The van der Waals surface area contributed by atoms with Gasteiger partial charge in [0.05, 0.1) is 5.57 Å². The van der Waals surface area contributed by atoms with E-state index >= 15 is 0 Å². The Balaban J connectivity index is 1.79. The SMILES string of the molecule is CN(C1=C(c2ccc(Cl)cc2)C(=O)N(C2CCCCCC2)C1=O)c1ccccc1. The first kappa shape index (κ1) is 19.7. The molecule has 2 aromatic carbocycles. The minimum atomic E-state index is -0.196. The Kier molecular flexibility index (Phi) is 5.72. The number of carbonyl (C=O) groups is 2. The Morgan fingerprint density at radius 3 is 2.10 bits per heavy atom. The molecule has 2 aromatic rings. The summed E-state index contributed by atoms with van der Waals surface area (Å²) in [6.07, 6.45) is 6.22. The zero-order valence-electron chi connectivity index (χ0n) is 16.6. The van der Waals surface area contributed by atoms with Gasteiger partial charge in [0.2, 0.25) is 0 Å². The van der Waals surface area contributed by atoms with Crippen LogP contribution in [0.3, 0.4) is 0 Å². The van der Waals surface area contributed by atoms with Gasteiger partial charge in [-0.2, -0.15) is 0 Å². The number of rotatable bonds is 4. The minimum Gasteiger partial charge on any atom is -0.339 e. The van der Waals surface area contributed by atoms with E-state index in [0.29, 0.717) is 16.3 Å². The number of hydrogen-bond donors (Lipinski definition) is 0. The largest absolute Gasteiger partial charge is 0.339 e. The van der Waals surface area contributed by atoms with Crippen molar-refractivity contribution in [2.75, 3.05) is 11.9 Å². The van der Waals surface area contributed by atoms with Crippen molar-refractivity contribution >= 4 is 34.7 Å². The number of likely N-dealkylation sites (N-methyl/N-ethyl adjacent to an activating group) is 1. The zero-order chi connectivity index (χ0) is 20.4. The lowest BCUT2D eigenvalue weighted by Gasteiger charge is -2.27. The average molecular weight is 409 g/mol. The number of para-hydroxylation sites is 1. The minimum absolute atomic E-state index is 0.0264. The molecule has 1 aliphatic heterocycles. The Labute approximate surface area is 176 Å². The van der Waals surface area contributed by atoms with Gasteiger partial charge in [-0.1, -0.05) is 67.6 Å². The molecule has 29 heavy (non-hydrogen) atoms. The lowest BCUT2D eigenvalue weighted by molar-refractivity contribution is -0.139. The zero-order valence-corrected chi connectivity index (χ0v) is 17.4. The number of imide groups is 1. The molecule has 2 amide bonds. The van der Waals surface area contributed by atoms with E-state index in [9.17, 15) is 9.59 Å². The van der Waals surface area contributed by atoms with Gasteiger partial charge >= 0.3 is 0 Å². The van der Waals surface area contributed by atoms with E-state index in [2.05, 4.69) is 0 Å². The van der Waals surface area contributed by atoms with Crippen LogP contribution in [0, 0.1) is 0 Å². The van der Waals surface area contributed by atoms with Crippen molar-refractivity contribution < 1.29 is 9.59 Å². The van der Waals surface area contributed by atoms with Crippen molar-refractivity contribution in [3.8, 4) is 0 Å². The molecule has 0 spiro atoms. The predicted octanol–water partition coefficient (Wildman–Crippen LogP) is 5.28. The number of amides is 2. The quantitative estimate of drug-likeness (QED) is 0.510. The van der Waals surface area contributed by atoms with E-state index in [1.807, 2.05) is 54.4 Å². The molecule has 1 fully saturated rings. The highest BCUT2D eigenvalue weighted by atomic mass is 35.5. The lowest BCUT2D eigenvalue weighted by Crippen LogP contribution is -2.42. The molecule has 1 heterocycles. The van der Waals surface area contributed by atoms with Crippen LogP contribution in [0.1, 0.15) is 44.1 Å². The number of nitrogens with zero attached hydrogens (tertiary/aromatic N) is 2. The van der Waals surface area contributed by atoms with Crippen molar-refractivity contribution in [2.45, 2.75) is 44.6 Å². The van der Waals surface area contributed by atoms with Crippen LogP contribution in [0.2, 0.25) is 5.02 Å². The van der Waals surface area contributed by atoms with Gasteiger partial charge in [-0.25, -0.2) is 0 Å². The number of hydrogen-bond acceptors (Lipinski definition) is 3. The lowest BCUT2D eigenvalue weighted by atomic mass is 10.0. The van der Waals surface area contributed by atoms with Crippen LogP contribution in [0.15, 0.2) is 60.3 Å². The topological polar surface area (TPSA) is 40.6 Å². The van der Waals surface area contributed by atoms with Gasteiger partial charge in [0.1, 0.15) is 5.70 Å². The van der Waals surface area contributed by atoms with E-state index in [-0.39, 0.29) is 17.9 Å². The summed E-state index contributed by atoms with van der Waals surface area (Å²) >= 11 is 6.06. The maximum Gasteiger partial charge on any atom is 0.278 e. The van der Waals surface area contributed by atoms with Crippen LogP contribution in [0.5, 0.6) is 0 Å². The standard InChI is InChI=1S/C24H25ClN2O2/c1-26(19-9-7-4-8-10-19)22-21(17-13-15-18(25)16-14-17)23(28)27(24(22)29)20-11-5-2-3-6-12-20/h4,7-10,13-16,20H,2-3,5-6,11-12H2,1H3. The van der Waals surface area contributed by atoms with Gasteiger partial charge in [0.15, 0.2) is 0 Å². The molecule has 0 radical (unpaired) electrons. The third kappa shape index (κ3) is 3.82. The highest BCUT2D eigenvalue weighted by Gasteiger charge is 2.44. The van der Waals surface area contributed by atoms with Crippen LogP contribution in [0.25, 0.3) is 5.57 Å². The molecule has 150 valence electrons. The van der Waals surface area contributed by atoms with Gasteiger partial charge < -0.3 is 4.90 Å². The average Bonchev–Trinajstić information content (AvgIpc) is 2.90. The molecule has 0 N–H and O–H groups in total. The van der Waals surface area contributed by atoms with Crippen molar-refractivity contribution in [3.05, 3.63) is 70.9 Å². The van der Waals surface area contributed by atoms with Crippen LogP contribution in [0.4, 0.5) is 5.69 Å². The van der Waals surface area contributed by atoms with Crippen LogP contribution in [-0.2, 0) is 9.59 Å². The highest BCUT2D eigenvalue weighted by Crippen LogP contribution is 2.37. The van der Waals surface area contributed by atoms with Crippen molar-refractivity contribution in [1.29, 1.82) is 0 Å². The summed E-state index contributed by atoms with van der Waals surface area (Å²) in [5.41, 5.74) is 2.49. The van der Waals surface area contributed by atoms with Gasteiger partial charge in [-0.05, 0) is 42.7 Å². The fraction of sp³-hybridized carbons (Fsp3) is 0.333. The smallest absolute Gasteiger partial charge is 0.278 e. The molecule has 0 unspecified atom stereocenters. The number of benzene rings is 2. The molecule has 0 bridgehead atoms. The Morgan fingerprint density at radius 1 is 0.862 bits per heavy atom. The summed E-state index contributed by atoms with van der Waals surface area (Å²) in [4.78, 5) is 30.5. The van der Waals surface area contributed by atoms with E-state index in [1.165, 1.54) is 17.7 Å². The summed E-state index contributed by atoms with van der Waals surface area (Å²) in [5.74, 6) is -0.389. The summed E-state index contributed by atoms with van der Waals surface area (Å²) in [6, 6.07) is 16.8. The molecule has 4 rings (SSSR count). The fourth-order valence-corrected chi connectivity index (χ4v) is 4.48. The second-order valence-electron chi connectivity index (χ2n) is 7.75. The second kappa shape index (κ2) is 8.42. The van der Waals surface area contributed by atoms with Gasteiger partial charge in [0, 0.05) is 23.8 Å². The number of carbonyl (C=O) groups excluding carboxylic acids is 2. The second-order valence-corrected chi connectivity index (χ2v) is 8.19. The molecule has 1 aliphatic carbocycles. The van der Waals surface area contributed by atoms with Crippen molar-refractivity contribution in [3.63, 3.8) is 0 Å². The third-order valence-electron chi connectivity index (χ3n) is 5.89. The maximum atomic E-state index is 13.6. The fourth-order valence-electron chi connectivity index (χ4n) is 4.35. The molecular formula is C24H25ClN2O2. The molecule has 0 saturated heterocycles. The van der Waals surface area contributed by atoms with E-state index < -0.39 is 0 Å². The van der Waals surface area contributed by atoms with E-state index in [4.69, 9.17) is 11.6 Å². The van der Waals surface area contributed by atoms with Gasteiger partial charge in [-0.15, -0.1) is 0 Å². The summed E-state index contributed by atoms with van der Waals surface area (Å²) in [6.45, 7) is 0. The van der Waals surface area contributed by atoms with E-state index in [1.54, 1.807) is 12.1 Å². The summed E-state index contributed by atoms with van der Waals surface area (Å²) in [5, 5.41) is 0.602. The summed E-state index contributed by atoms with van der Waals surface area (Å²) < 4.78 is 0. The molecule has 4 nitrogen and oxygen atoms in total. The monoisotopic (exact) mass is 408 g/mol. The number of halogens is 1. The maximum absolute atomic E-state index is 13.6. The first-order valence-electron chi connectivity index (χ1n) is 10.2. The highest BCUT2D eigenvalue weighted by molar-refractivity contribution is 6.37.